The van der Waals surface area contributed by atoms with Crippen LogP contribution in [0.2, 0.25) is 0 Å². The van der Waals surface area contributed by atoms with Gasteiger partial charge in [0.05, 0.1) is 0 Å². The van der Waals surface area contributed by atoms with Gasteiger partial charge in [0.2, 0.25) is 0 Å². The topological polar surface area (TPSA) is 55.1 Å². The zero-order valence-corrected chi connectivity index (χ0v) is 13.0. The lowest BCUT2D eigenvalue weighted by molar-refractivity contribution is 0.0625. The summed E-state index contributed by atoms with van der Waals surface area (Å²) in [5.41, 5.74) is 6.42. The van der Waals surface area contributed by atoms with Crippen LogP contribution in [-0.2, 0) is 18.5 Å². The Morgan fingerprint density at radius 2 is 1.87 bits per heavy atom. The Balaban J connectivity index is 1.96. The molecular weight excluding hydrogens is 291 g/mol. The number of carbonyl (C=O) groups excluding carboxylic acids is 1. The average molecular weight is 312 g/mol. The summed E-state index contributed by atoms with van der Waals surface area (Å²) in [4.78, 5) is 11.0. The molecule has 120 valence electrons. The highest BCUT2D eigenvalue weighted by Crippen LogP contribution is 2.45. The molecule has 0 saturated carbocycles. The van der Waals surface area contributed by atoms with Gasteiger partial charge in [0.1, 0.15) is 5.67 Å². The molecule has 1 aliphatic carbocycles. The molecule has 2 aromatic rings. The normalized spacial score (nSPS) is 23.1. The van der Waals surface area contributed by atoms with Crippen molar-refractivity contribution in [2.45, 2.75) is 24.9 Å². The molecular formula is C19H21FN2O. The first kappa shape index (κ1) is 15.5. The second kappa shape index (κ2) is 6.41. The summed E-state index contributed by atoms with van der Waals surface area (Å²) in [6.07, 6.45) is 1.82. The number of rotatable bonds is 4. The molecule has 3 N–H and O–H groups in total. The molecule has 0 aliphatic heterocycles. The minimum Gasteiger partial charge on any atom is -0.352 e. The van der Waals surface area contributed by atoms with E-state index in [1.165, 1.54) is 0 Å². The van der Waals surface area contributed by atoms with E-state index in [1.54, 1.807) is 0 Å². The molecule has 4 heteroatoms. The summed E-state index contributed by atoms with van der Waals surface area (Å²) in [5, 5.41) is 2.59. The van der Waals surface area contributed by atoms with Crippen molar-refractivity contribution in [1.82, 2.24) is 5.32 Å². The van der Waals surface area contributed by atoms with Gasteiger partial charge in [-0.3, -0.25) is 0 Å². The number of primary amides is 1. The van der Waals surface area contributed by atoms with Crippen molar-refractivity contribution >= 4 is 6.03 Å². The predicted molar refractivity (Wildman–Crippen MR) is 88.8 cm³/mol. The summed E-state index contributed by atoms with van der Waals surface area (Å²) in [7, 11) is 0. The zero-order valence-electron chi connectivity index (χ0n) is 13.0. The Morgan fingerprint density at radius 3 is 2.61 bits per heavy atom. The SMILES string of the molecule is NC(=O)NCC1CCc2ccccc2C1(F)Cc1ccccc1. The van der Waals surface area contributed by atoms with E-state index in [4.69, 9.17) is 5.73 Å². The number of nitrogens with two attached hydrogens (primary N) is 1. The first-order valence-electron chi connectivity index (χ1n) is 7.94. The van der Waals surface area contributed by atoms with Crippen LogP contribution < -0.4 is 11.1 Å². The fraction of sp³-hybridized carbons (Fsp3) is 0.316. The van der Waals surface area contributed by atoms with Crippen molar-refractivity contribution in [3.8, 4) is 0 Å². The van der Waals surface area contributed by atoms with Crippen molar-refractivity contribution in [1.29, 1.82) is 0 Å². The van der Waals surface area contributed by atoms with Crippen molar-refractivity contribution in [2.24, 2.45) is 11.7 Å². The van der Waals surface area contributed by atoms with Crippen molar-refractivity contribution in [2.75, 3.05) is 6.54 Å². The van der Waals surface area contributed by atoms with Crippen LogP contribution in [0.15, 0.2) is 54.6 Å². The quantitative estimate of drug-likeness (QED) is 0.894. The van der Waals surface area contributed by atoms with Crippen molar-refractivity contribution in [3.63, 3.8) is 0 Å². The maximum absolute atomic E-state index is 16.2. The fourth-order valence-electron chi connectivity index (χ4n) is 3.54. The summed E-state index contributed by atoms with van der Waals surface area (Å²) in [6, 6.07) is 16.7. The number of hydrogen-bond acceptors (Lipinski definition) is 1. The summed E-state index contributed by atoms with van der Waals surface area (Å²) >= 11 is 0. The zero-order chi connectivity index (χ0) is 16.3. The van der Waals surface area contributed by atoms with Crippen LogP contribution in [0.4, 0.5) is 9.18 Å². The van der Waals surface area contributed by atoms with Gasteiger partial charge in [0, 0.05) is 18.9 Å². The fourth-order valence-corrected chi connectivity index (χ4v) is 3.54. The van der Waals surface area contributed by atoms with Crippen LogP contribution in [0.3, 0.4) is 0 Å². The highest BCUT2D eigenvalue weighted by Gasteiger charge is 2.44. The van der Waals surface area contributed by atoms with Gasteiger partial charge in [0.15, 0.2) is 0 Å². The van der Waals surface area contributed by atoms with E-state index in [2.05, 4.69) is 5.32 Å². The minimum absolute atomic E-state index is 0.257. The first-order chi connectivity index (χ1) is 11.1. The van der Waals surface area contributed by atoms with Crippen LogP contribution in [0, 0.1) is 5.92 Å². The number of fused-ring (bicyclic) bond motifs is 1. The third-order valence-electron chi connectivity index (χ3n) is 4.70. The van der Waals surface area contributed by atoms with Crippen LogP contribution >= 0.6 is 0 Å². The molecule has 2 aromatic carbocycles. The molecule has 1 aliphatic rings. The van der Waals surface area contributed by atoms with Gasteiger partial charge in [-0.25, -0.2) is 9.18 Å². The molecule has 0 bridgehead atoms. The Morgan fingerprint density at radius 1 is 1.17 bits per heavy atom. The Hall–Kier alpha value is -2.36. The molecule has 0 spiro atoms. The lowest BCUT2D eigenvalue weighted by atomic mass is 9.70. The lowest BCUT2D eigenvalue weighted by Gasteiger charge is -2.39. The molecule has 0 fully saturated rings. The monoisotopic (exact) mass is 312 g/mol. The van der Waals surface area contributed by atoms with E-state index in [1.807, 2.05) is 54.6 Å². The number of hydrogen-bond donors (Lipinski definition) is 2. The maximum atomic E-state index is 16.2. The van der Waals surface area contributed by atoms with Gasteiger partial charge in [-0.15, -0.1) is 0 Å². The first-order valence-corrected chi connectivity index (χ1v) is 7.94. The summed E-state index contributed by atoms with van der Waals surface area (Å²) in [6.45, 7) is 0.257. The number of aryl methyl sites for hydroxylation is 1. The molecule has 0 saturated heterocycles. The number of carbonyl (C=O) groups is 1. The van der Waals surface area contributed by atoms with Crippen molar-refractivity contribution < 1.29 is 9.18 Å². The number of benzene rings is 2. The molecule has 23 heavy (non-hydrogen) atoms. The molecule has 3 nitrogen and oxygen atoms in total. The predicted octanol–water partition coefficient (Wildman–Crippen LogP) is 3.32. The molecule has 0 aromatic heterocycles. The van der Waals surface area contributed by atoms with Gasteiger partial charge in [-0.2, -0.15) is 0 Å². The second-order valence-corrected chi connectivity index (χ2v) is 6.16. The Labute approximate surface area is 135 Å². The van der Waals surface area contributed by atoms with Crippen LogP contribution in [0.1, 0.15) is 23.1 Å². The van der Waals surface area contributed by atoms with Gasteiger partial charge in [-0.05, 0) is 29.5 Å². The van der Waals surface area contributed by atoms with E-state index >= 15 is 4.39 Å². The third kappa shape index (κ3) is 3.21. The van der Waals surface area contributed by atoms with Gasteiger partial charge < -0.3 is 11.1 Å². The Bertz CT molecular complexity index is 689. The van der Waals surface area contributed by atoms with Gasteiger partial charge in [-0.1, -0.05) is 54.6 Å². The number of halogens is 1. The largest absolute Gasteiger partial charge is 0.352 e. The minimum atomic E-state index is -1.50. The highest BCUT2D eigenvalue weighted by molar-refractivity contribution is 5.71. The van der Waals surface area contributed by atoms with E-state index in [0.717, 1.165) is 23.1 Å². The molecule has 2 amide bonds. The highest BCUT2D eigenvalue weighted by atomic mass is 19.1. The molecule has 0 heterocycles. The lowest BCUT2D eigenvalue weighted by Crippen LogP contribution is -2.45. The number of amides is 2. The molecule has 0 radical (unpaired) electrons. The number of alkyl halides is 1. The number of nitrogens with one attached hydrogen (secondary N) is 1. The van der Waals surface area contributed by atoms with E-state index in [-0.39, 0.29) is 12.5 Å². The molecule has 2 atom stereocenters. The molecule has 3 rings (SSSR count). The summed E-state index contributed by atoms with van der Waals surface area (Å²) in [5.74, 6) is -0.287. The summed E-state index contributed by atoms with van der Waals surface area (Å²) < 4.78 is 16.2. The average Bonchev–Trinajstić information content (AvgIpc) is 2.55. The second-order valence-electron chi connectivity index (χ2n) is 6.16. The van der Waals surface area contributed by atoms with E-state index in [0.29, 0.717) is 12.8 Å². The van der Waals surface area contributed by atoms with Gasteiger partial charge >= 0.3 is 6.03 Å². The van der Waals surface area contributed by atoms with Crippen LogP contribution in [-0.4, -0.2) is 12.6 Å². The van der Waals surface area contributed by atoms with Crippen molar-refractivity contribution in [3.05, 3.63) is 71.3 Å². The maximum Gasteiger partial charge on any atom is 0.312 e. The van der Waals surface area contributed by atoms with Crippen LogP contribution in [0.25, 0.3) is 0 Å². The smallest absolute Gasteiger partial charge is 0.312 e. The Kier molecular flexibility index (Phi) is 4.33. The van der Waals surface area contributed by atoms with E-state index < -0.39 is 11.7 Å². The van der Waals surface area contributed by atoms with Crippen LogP contribution in [0.5, 0.6) is 0 Å². The third-order valence-corrected chi connectivity index (χ3v) is 4.70. The standard InChI is InChI=1S/C19H21FN2O/c20-19(12-14-6-2-1-3-7-14)16(13-22-18(21)23)11-10-15-8-4-5-9-17(15)19/h1-9,16H,10-13H2,(H3,21,22,23). The van der Waals surface area contributed by atoms with E-state index in [9.17, 15) is 4.79 Å². The molecule has 2 unspecified atom stereocenters. The van der Waals surface area contributed by atoms with Gasteiger partial charge in [0.25, 0.3) is 0 Å². The number of urea groups is 1.